The largest absolute Gasteiger partial charge is 0.357 e. The van der Waals surface area contributed by atoms with Gasteiger partial charge < -0.3 is 4.90 Å². The van der Waals surface area contributed by atoms with Gasteiger partial charge in [0, 0.05) is 19.2 Å². The van der Waals surface area contributed by atoms with Crippen molar-refractivity contribution in [1.82, 2.24) is 9.97 Å². The van der Waals surface area contributed by atoms with Crippen molar-refractivity contribution < 1.29 is 0 Å². The lowest BCUT2D eigenvalue weighted by Gasteiger charge is -2.19. The van der Waals surface area contributed by atoms with Crippen LogP contribution in [0.5, 0.6) is 0 Å². The zero-order chi connectivity index (χ0) is 11.4. The molecule has 0 saturated heterocycles. The highest BCUT2D eigenvalue weighted by Gasteiger charge is 2.06. The number of hydrogen-bond acceptors (Lipinski definition) is 4. The van der Waals surface area contributed by atoms with Gasteiger partial charge in [-0.3, -0.25) is 0 Å². The summed E-state index contributed by atoms with van der Waals surface area (Å²) in [5.74, 6) is 1.00. The SMILES string of the molecule is CCN(CC)c1cc(-c2cccs2)ncn1. The van der Waals surface area contributed by atoms with Crippen molar-refractivity contribution in [3.63, 3.8) is 0 Å². The molecule has 0 aliphatic rings. The zero-order valence-electron chi connectivity index (χ0n) is 9.55. The second-order valence-corrected chi connectivity index (χ2v) is 4.36. The summed E-state index contributed by atoms with van der Waals surface area (Å²) in [7, 11) is 0. The van der Waals surface area contributed by atoms with Crippen LogP contribution in [0.25, 0.3) is 10.6 Å². The number of nitrogens with zero attached hydrogens (tertiary/aromatic N) is 3. The molecule has 2 rings (SSSR count). The van der Waals surface area contributed by atoms with Gasteiger partial charge in [0.25, 0.3) is 0 Å². The van der Waals surface area contributed by atoms with E-state index < -0.39 is 0 Å². The van der Waals surface area contributed by atoms with Gasteiger partial charge in [-0.15, -0.1) is 11.3 Å². The van der Waals surface area contributed by atoms with Crippen LogP contribution < -0.4 is 4.90 Å². The molecule has 0 radical (unpaired) electrons. The van der Waals surface area contributed by atoms with Crippen molar-refractivity contribution in [2.45, 2.75) is 13.8 Å². The average Bonchev–Trinajstić information content (AvgIpc) is 2.85. The summed E-state index contributed by atoms with van der Waals surface area (Å²) >= 11 is 1.70. The molecule has 0 bridgehead atoms. The van der Waals surface area contributed by atoms with Crippen LogP contribution in [0.1, 0.15) is 13.8 Å². The Morgan fingerprint density at radius 3 is 2.69 bits per heavy atom. The molecular formula is C12H15N3S. The van der Waals surface area contributed by atoms with Crippen molar-refractivity contribution in [3.05, 3.63) is 29.9 Å². The first-order valence-corrected chi connectivity index (χ1v) is 6.34. The van der Waals surface area contributed by atoms with Gasteiger partial charge >= 0.3 is 0 Å². The summed E-state index contributed by atoms with van der Waals surface area (Å²) in [6, 6.07) is 6.18. The van der Waals surface area contributed by atoms with Gasteiger partial charge in [-0.25, -0.2) is 9.97 Å². The molecule has 0 aliphatic heterocycles. The zero-order valence-corrected chi connectivity index (χ0v) is 10.4. The van der Waals surface area contributed by atoms with E-state index in [2.05, 4.69) is 46.2 Å². The van der Waals surface area contributed by atoms with Gasteiger partial charge in [0.2, 0.25) is 0 Å². The first-order valence-electron chi connectivity index (χ1n) is 5.46. The lowest BCUT2D eigenvalue weighted by Crippen LogP contribution is -2.22. The molecule has 84 valence electrons. The molecule has 0 unspecified atom stereocenters. The molecular weight excluding hydrogens is 218 g/mol. The minimum atomic E-state index is 0.970. The highest BCUT2D eigenvalue weighted by molar-refractivity contribution is 7.13. The number of hydrogen-bond donors (Lipinski definition) is 0. The molecule has 0 saturated carbocycles. The first kappa shape index (κ1) is 11.1. The van der Waals surface area contributed by atoms with E-state index >= 15 is 0 Å². The Labute approximate surface area is 99.8 Å². The number of thiophene rings is 1. The number of aromatic nitrogens is 2. The molecule has 2 aromatic rings. The first-order chi connectivity index (χ1) is 7.85. The Balaban J connectivity index is 2.33. The standard InChI is InChI=1S/C12H15N3S/c1-3-15(4-2)12-8-10(13-9-14-12)11-6-5-7-16-11/h5-9H,3-4H2,1-2H3. The van der Waals surface area contributed by atoms with E-state index in [1.807, 2.05) is 6.07 Å². The van der Waals surface area contributed by atoms with Gasteiger partial charge in [0.1, 0.15) is 12.1 Å². The molecule has 0 fully saturated rings. The van der Waals surface area contributed by atoms with E-state index in [1.165, 1.54) is 4.88 Å². The topological polar surface area (TPSA) is 29.0 Å². The molecule has 0 atom stereocenters. The molecule has 0 amide bonds. The summed E-state index contributed by atoms with van der Waals surface area (Å²) in [5, 5.41) is 2.06. The van der Waals surface area contributed by atoms with Crippen LogP contribution in [0.3, 0.4) is 0 Å². The van der Waals surface area contributed by atoms with Gasteiger partial charge in [-0.2, -0.15) is 0 Å². The Hall–Kier alpha value is -1.42. The molecule has 0 aromatic carbocycles. The highest BCUT2D eigenvalue weighted by Crippen LogP contribution is 2.24. The van der Waals surface area contributed by atoms with Crippen LogP contribution in [-0.2, 0) is 0 Å². The molecule has 2 heterocycles. The van der Waals surface area contributed by atoms with E-state index in [1.54, 1.807) is 17.7 Å². The summed E-state index contributed by atoms with van der Waals surface area (Å²) in [5.41, 5.74) is 1.01. The monoisotopic (exact) mass is 233 g/mol. The Morgan fingerprint density at radius 1 is 1.25 bits per heavy atom. The summed E-state index contributed by atoms with van der Waals surface area (Å²) in [4.78, 5) is 12.0. The summed E-state index contributed by atoms with van der Waals surface area (Å²) in [6.07, 6.45) is 1.64. The minimum Gasteiger partial charge on any atom is -0.357 e. The maximum absolute atomic E-state index is 4.31. The Kier molecular flexibility index (Phi) is 3.51. The smallest absolute Gasteiger partial charge is 0.132 e. The normalized spacial score (nSPS) is 10.4. The molecule has 4 heteroatoms. The van der Waals surface area contributed by atoms with Gasteiger partial charge in [-0.1, -0.05) is 6.07 Å². The van der Waals surface area contributed by atoms with Crippen LogP contribution >= 0.6 is 11.3 Å². The van der Waals surface area contributed by atoms with E-state index in [0.717, 1.165) is 24.6 Å². The number of rotatable bonds is 4. The van der Waals surface area contributed by atoms with Crippen molar-refractivity contribution in [1.29, 1.82) is 0 Å². The predicted octanol–water partition coefficient (Wildman–Crippen LogP) is 3.05. The molecule has 0 spiro atoms. The third-order valence-electron chi connectivity index (χ3n) is 2.51. The van der Waals surface area contributed by atoms with Crippen molar-refractivity contribution in [2.75, 3.05) is 18.0 Å². The maximum atomic E-state index is 4.31. The summed E-state index contributed by atoms with van der Waals surface area (Å²) < 4.78 is 0. The Bertz CT molecular complexity index is 435. The van der Waals surface area contributed by atoms with Crippen LogP contribution in [0.15, 0.2) is 29.9 Å². The second-order valence-electron chi connectivity index (χ2n) is 3.41. The molecule has 2 aromatic heterocycles. The van der Waals surface area contributed by atoms with E-state index in [0.29, 0.717) is 0 Å². The van der Waals surface area contributed by atoms with Crippen molar-refractivity contribution in [2.24, 2.45) is 0 Å². The third kappa shape index (κ3) is 2.22. The van der Waals surface area contributed by atoms with Crippen LogP contribution in [0.4, 0.5) is 5.82 Å². The fraction of sp³-hybridized carbons (Fsp3) is 0.333. The van der Waals surface area contributed by atoms with Crippen LogP contribution in [0, 0.1) is 0 Å². The quantitative estimate of drug-likeness (QED) is 0.812. The summed E-state index contributed by atoms with van der Waals surface area (Å²) in [6.45, 7) is 6.21. The molecule has 16 heavy (non-hydrogen) atoms. The van der Waals surface area contributed by atoms with Crippen molar-refractivity contribution in [3.8, 4) is 10.6 Å². The number of anilines is 1. The van der Waals surface area contributed by atoms with E-state index in [9.17, 15) is 0 Å². The van der Waals surface area contributed by atoms with Gasteiger partial charge in [-0.05, 0) is 25.3 Å². The average molecular weight is 233 g/mol. The minimum absolute atomic E-state index is 0.970. The molecule has 0 N–H and O–H groups in total. The van der Waals surface area contributed by atoms with E-state index in [4.69, 9.17) is 0 Å². The second kappa shape index (κ2) is 5.07. The fourth-order valence-corrected chi connectivity index (χ4v) is 2.32. The third-order valence-corrected chi connectivity index (χ3v) is 3.41. The van der Waals surface area contributed by atoms with Gasteiger partial charge in [0.05, 0.1) is 10.6 Å². The van der Waals surface area contributed by atoms with Crippen molar-refractivity contribution >= 4 is 17.2 Å². The maximum Gasteiger partial charge on any atom is 0.132 e. The Morgan fingerprint density at radius 2 is 2.06 bits per heavy atom. The highest BCUT2D eigenvalue weighted by atomic mass is 32.1. The lowest BCUT2D eigenvalue weighted by atomic mass is 10.3. The van der Waals surface area contributed by atoms with Gasteiger partial charge in [0.15, 0.2) is 0 Å². The lowest BCUT2D eigenvalue weighted by molar-refractivity contribution is 0.842. The fourth-order valence-electron chi connectivity index (χ4n) is 1.63. The predicted molar refractivity (Wildman–Crippen MR) is 68.9 cm³/mol. The van der Waals surface area contributed by atoms with Crippen LogP contribution in [0.2, 0.25) is 0 Å². The van der Waals surface area contributed by atoms with Crippen LogP contribution in [-0.4, -0.2) is 23.1 Å². The molecule has 0 aliphatic carbocycles. The molecule has 3 nitrogen and oxygen atoms in total. The van der Waals surface area contributed by atoms with E-state index in [-0.39, 0.29) is 0 Å².